The molecule has 1 unspecified atom stereocenters. The van der Waals surface area contributed by atoms with Gasteiger partial charge in [-0.2, -0.15) is 0 Å². The number of ketones is 1. The average Bonchev–Trinajstić information content (AvgIpc) is 2.48. The van der Waals surface area contributed by atoms with Crippen molar-refractivity contribution in [1.82, 2.24) is 5.32 Å². The number of hydrogen-bond acceptors (Lipinski definition) is 2. The summed E-state index contributed by atoms with van der Waals surface area (Å²) in [5, 5.41) is 2.74. The Labute approximate surface area is 124 Å². The molecular weight excluding hydrogens is 269 g/mol. The number of benzene rings is 1. The Morgan fingerprint density at radius 1 is 1.24 bits per heavy atom. The third-order valence-corrected chi connectivity index (χ3v) is 4.28. The predicted molar refractivity (Wildman–Crippen MR) is 79.6 cm³/mol. The van der Waals surface area contributed by atoms with Gasteiger partial charge in [0, 0.05) is 0 Å². The Hall–Kier alpha value is -1.71. The number of Topliss-reactive ketones (excluding diaryl/α,β-unsaturated/α-hetero) is 1. The molecule has 1 aliphatic carbocycles. The molecule has 3 nitrogen and oxygen atoms in total. The Morgan fingerprint density at radius 3 is 2.52 bits per heavy atom. The lowest BCUT2D eigenvalue weighted by Crippen LogP contribution is -2.45. The number of amides is 1. The summed E-state index contributed by atoms with van der Waals surface area (Å²) in [5.41, 5.74) is 0.441. The molecule has 1 fully saturated rings. The fraction of sp³-hybridized carbons (Fsp3) is 0.529. The molecule has 1 amide bonds. The van der Waals surface area contributed by atoms with Gasteiger partial charge in [0.15, 0.2) is 5.78 Å². The van der Waals surface area contributed by atoms with Gasteiger partial charge in [0.25, 0.3) is 5.91 Å². The third-order valence-electron chi connectivity index (χ3n) is 4.28. The lowest BCUT2D eigenvalue weighted by Gasteiger charge is -2.29. The second-order valence-corrected chi connectivity index (χ2v) is 5.90. The molecule has 1 aromatic rings. The van der Waals surface area contributed by atoms with Gasteiger partial charge in [-0.05, 0) is 44.2 Å². The Bertz CT molecular complexity index is 536. The molecule has 4 heteroatoms. The van der Waals surface area contributed by atoms with E-state index >= 15 is 0 Å². The lowest BCUT2D eigenvalue weighted by molar-refractivity contribution is -0.120. The largest absolute Gasteiger partial charge is 0.342 e. The standard InChI is InChI=1S/C17H22FNO2/c1-11-7-6-10-14(15(11)18)17(21)19-16(12(2)20)13-8-4-3-5-9-13/h6-7,10,13,16H,3-5,8-9H2,1-2H3,(H,19,21). The molecule has 1 N–H and O–H groups in total. The summed E-state index contributed by atoms with van der Waals surface area (Å²) in [5.74, 6) is -0.890. The van der Waals surface area contributed by atoms with Crippen molar-refractivity contribution in [1.29, 1.82) is 0 Å². The van der Waals surface area contributed by atoms with Gasteiger partial charge in [-0.25, -0.2) is 4.39 Å². The second-order valence-electron chi connectivity index (χ2n) is 5.90. The molecule has 1 saturated carbocycles. The quantitative estimate of drug-likeness (QED) is 0.924. The minimum absolute atomic E-state index is 0.0112. The summed E-state index contributed by atoms with van der Waals surface area (Å²) in [6.45, 7) is 3.11. The molecule has 21 heavy (non-hydrogen) atoms. The van der Waals surface area contributed by atoms with E-state index in [4.69, 9.17) is 0 Å². The van der Waals surface area contributed by atoms with E-state index in [2.05, 4.69) is 5.32 Å². The van der Waals surface area contributed by atoms with Crippen molar-refractivity contribution in [3.05, 3.63) is 35.1 Å². The monoisotopic (exact) mass is 291 g/mol. The van der Waals surface area contributed by atoms with Crippen LogP contribution < -0.4 is 5.32 Å². The minimum Gasteiger partial charge on any atom is -0.342 e. The summed E-state index contributed by atoms with van der Waals surface area (Å²) in [7, 11) is 0. The highest BCUT2D eigenvalue weighted by Gasteiger charge is 2.29. The van der Waals surface area contributed by atoms with E-state index in [0.29, 0.717) is 5.56 Å². The fourth-order valence-corrected chi connectivity index (χ4v) is 3.06. The van der Waals surface area contributed by atoms with Gasteiger partial charge in [-0.15, -0.1) is 0 Å². The maximum absolute atomic E-state index is 14.0. The summed E-state index contributed by atoms with van der Waals surface area (Å²) < 4.78 is 14.0. The molecule has 114 valence electrons. The molecule has 2 rings (SSSR count). The van der Waals surface area contributed by atoms with Crippen LogP contribution in [-0.2, 0) is 4.79 Å². The predicted octanol–water partition coefficient (Wildman–Crippen LogP) is 3.40. The Balaban J connectivity index is 2.14. The minimum atomic E-state index is -0.513. The van der Waals surface area contributed by atoms with Gasteiger partial charge >= 0.3 is 0 Å². The first-order valence-electron chi connectivity index (χ1n) is 7.57. The zero-order chi connectivity index (χ0) is 15.4. The van der Waals surface area contributed by atoms with Crippen LogP contribution in [0, 0.1) is 18.7 Å². The first kappa shape index (κ1) is 15.7. The van der Waals surface area contributed by atoms with Gasteiger partial charge < -0.3 is 5.32 Å². The van der Waals surface area contributed by atoms with Gasteiger partial charge in [-0.3, -0.25) is 9.59 Å². The number of nitrogens with one attached hydrogen (secondary N) is 1. The molecule has 0 aliphatic heterocycles. The number of rotatable bonds is 4. The normalized spacial score (nSPS) is 17.3. The third kappa shape index (κ3) is 3.69. The van der Waals surface area contributed by atoms with Crippen LogP contribution in [0.1, 0.15) is 54.9 Å². The molecular formula is C17H22FNO2. The van der Waals surface area contributed by atoms with Gasteiger partial charge in [-0.1, -0.05) is 31.4 Å². The fourth-order valence-electron chi connectivity index (χ4n) is 3.06. The van der Waals surface area contributed by atoms with Crippen molar-refractivity contribution in [3.8, 4) is 0 Å². The van der Waals surface area contributed by atoms with E-state index in [-0.39, 0.29) is 17.3 Å². The highest BCUT2D eigenvalue weighted by molar-refractivity contribution is 5.98. The Morgan fingerprint density at radius 2 is 1.90 bits per heavy atom. The Kier molecular flexibility index (Phi) is 5.10. The van der Waals surface area contributed by atoms with Crippen LogP contribution in [0.15, 0.2) is 18.2 Å². The SMILES string of the molecule is CC(=O)C(NC(=O)c1cccc(C)c1F)C1CCCCC1. The first-order chi connectivity index (χ1) is 10.0. The summed E-state index contributed by atoms with van der Waals surface area (Å²) >= 11 is 0. The first-order valence-corrected chi connectivity index (χ1v) is 7.57. The van der Waals surface area contributed by atoms with Crippen LogP contribution in [0.4, 0.5) is 4.39 Å². The van der Waals surface area contributed by atoms with Gasteiger partial charge in [0.1, 0.15) is 5.82 Å². The van der Waals surface area contributed by atoms with Crippen LogP contribution >= 0.6 is 0 Å². The van der Waals surface area contributed by atoms with E-state index in [1.807, 2.05) is 0 Å². The van der Waals surface area contributed by atoms with E-state index in [9.17, 15) is 14.0 Å². The van der Waals surface area contributed by atoms with Crippen molar-refractivity contribution < 1.29 is 14.0 Å². The maximum Gasteiger partial charge on any atom is 0.254 e. The highest BCUT2D eigenvalue weighted by atomic mass is 19.1. The van der Waals surface area contributed by atoms with E-state index in [0.717, 1.165) is 25.7 Å². The molecule has 0 bridgehead atoms. The average molecular weight is 291 g/mol. The number of halogens is 1. The smallest absolute Gasteiger partial charge is 0.254 e. The molecule has 1 atom stereocenters. The van der Waals surface area contributed by atoms with Crippen LogP contribution in [0.5, 0.6) is 0 Å². The number of hydrogen-bond donors (Lipinski definition) is 1. The lowest BCUT2D eigenvalue weighted by atomic mass is 9.82. The van der Waals surface area contributed by atoms with E-state index in [1.165, 1.54) is 19.4 Å². The van der Waals surface area contributed by atoms with Crippen molar-refractivity contribution in [2.45, 2.75) is 52.0 Å². The highest BCUT2D eigenvalue weighted by Crippen LogP contribution is 2.27. The molecule has 0 saturated heterocycles. The zero-order valence-corrected chi connectivity index (χ0v) is 12.6. The van der Waals surface area contributed by atoms with Crippen LogP contribution in [0.3, 0.4) is 0 Å². The van der Waals surface area contributed by atoms with Crippen molar-refractivity contribution in [2.24, 2.45) is 5.92 Å². The number of carbonyl (C=O) groups excluding carboxylic acids is 2. The maximum atomic E-state index is 14.0. The topological polar surface area (TPSA) is 46.2 Å². The molecule has 0 heterocycles. The van der Waals surface area contributed by atoms with Crippen molar-refractivity contribution in [2.75, 3.05) is 0 Å². The molecule has 0 spiro atoms. The summed E-state index contributed by atoms with van der Waals surface area (Å²) in [6, 6.07) is 4.22. The molecule has 0 radical (unpaired) electrons. The summed E-state index contributed by atoms with van der Waals surface area (Å²) in [6.07, 6.45) is 5.25. The van der Waals surface area contributed by atoms with E-state index < -0.39 is 17.8 Å². The number of aryl methyl sites for hydroxylation is 1. The molecule has 0 aromatic heterocycles. The van der Waals surface area contributed by atoms with Gasteiger partial charge in [0.2, 0.25) is 0 Å². The van der Waals surface area contributed by atoms with Crippen molar-refractivity contribution >= 4 is 11.7 Å². The second kappa shape index (κ2) is 6.83. The zero-order valence-electron chi connectivity index (χ0n) is 12.6. The van der Waals surface area contributed by atoms with Crippen LogP contribution in [0.25, 0.3) is 0 Å². The molecule has 1 aliphatic rings. The summed E-state index contributed by atoms with van der Waals surface area (Å²) in [4.78, 5) is 24.1. The number of carbonyl (C=O) groups is 2. The van der Waals surface area contributed by atoms with Crippen LogP contribution in [-0.4, -0.2) is 17.7 Å². The van der Waals surface area contributed by atoms with Gasteiger partial charge in [0.05, 0.1) is 11.6 Å². The van der Waals surface area contributed by atoms with E-state index in [1.54, 1.807) is 19.1 Å². The van der Waals surface area contributed by atoms with Crippen LogP contribution in [0.2, 0.25) is 0 Å². The van der Waals surface area contributed by atoms with Crippen molar-refractivity contribution in [3.63, 3.8) is 0 Å². The molecule has 1 aromatic carbocycles.